The molecule has 0 spiro atoms. The number of hydrogen-bond donors (Lipinski definition) is 1. The maximum atomic E-state index is 13.3. The second-order valence-corrected chi connectivity index (χ2v) is 6.61. The van der Waals surface area contributed by atoms with Crippen molar-refractivity contribution in [1.82, 2.24) is 9.55 Å². The number of benzene rings is 1. The smallest absolute Gasteiger partial charge is 0.339 e. The largest absolute Gasteiger partial charge is 0.462 e. The van der Waals surface area contributed by atoms with Gasteiger partial charge in [-0.1, -0.05) is 0 Å². The van der Waals surface area contributed by atoms with Crippen molar-refractivity contribution in [3.05, 3.63) is 71.3 Å². The fourth-order valence-electron chi connectivity index (χ4n) is 3.05. The summed E-state index contributed by atoms with van der Waals surface area (Å²) in [6, 6.07) is 11.2. The Morgan fingerprint density at radius 2 is 1.86 bits per heavy atom. The number of ether oxygens (including phenoxy) is 1. The molecule has 0 fully saturated rings. The first-order chi connectivity index (χ1) is 13.9. The highest BCUT2D eigenvalue weighted by molar-refractivity contribution is 5.94. The van der Waals surface area contributed by atoms with Gasteiger partial charge in [0.05, 0.1) is 12.2 Å². The Balaban J connectivity index is 1.95. The molecule has 2 heterocycles. The van der Waals surface area contributed by atoms with Crippen LogP contribution in [0.5, 0.6) is 0 Å². The summed E-state index contributed by atoms with van der Waals surface area (Å²) in [5, 5.41) is 2.76. The molecule has 0 aliphatic carbocycles. The lowest BCUT2D eigenvalue weighted by molar-refractivity contribution is -0.116. The summed E-state index contributed by atoms with van der Waals surface area (Å²) in [6.07, 6.45) is 1.62. The molecule has 3 rings (SSSR count). The molecular weight excluding hydrogens is 373 g/mol. The van der Waals surface area contributed by atoms with E-state index in [0.29, 0.717) is 28.3 Å². The lowest BCUT2D eigenvalue weighted by Gasteiger charge is -2.12. The van der Waals surface area contributed by atoms with Crippen LogP contribution in [0.1, 0.15) is 28.5 Å². The molecule has 0 aliphatic rings. The quantitative estimate of drug-likeness (QED) is 0.637. The van der Waals surface area contributed by atoms with Crippen LogP contribution in [0.25, 0.3) is 11.3 Å². The van der Waals surface area contributed by atoms with Gasteiger partial charge >= 0.3 is 5.97 Å². The number of nitrogens with one attached hydrogen (secondary N) is 1. The Morgan fingerprint density at radius 3 is 2.52 bits per heavy atom. The average molecular weight is 395 g/mol. The number of halogens is 1. The molecule has 0 unspecified atom stereocenters. The van der Waals surface area contributed by atoms with E-state index in [2.05, 4.69) is 10.3 Å². The molecular formula is C22H22FN3O3. The van der Waals surface area contributed by atoms with Crippen molar-refractivity contribution < 1.29 is 18.7 Å². The fourth-order valence-corrected chi connectivity index (χ4v) is 3.05. The topological polar surface area (TPSA) is 73.2 Å². The van der Waals surface area contributed by atoms with Crippen LogP contribution in [0.4, 0.5) is 10.2 Å². The van der Waals surface area contributed by atoms with Crippen molar-refractivity contribution in [2.75, 3.05) is 11.9 Å². The second kappa shape index (κ2) is 8.68. The number of carbonyl (C=O) groups excluding carboxylic acids is 2. The van der Waals surface area contributed by atoms with Gasteiger partial charge in [-0.05, 0) is 74.4 Å². The molecule has 0 saturated heterocycles. The Kier molecular flexibility index (Phi) is 6.07. The van der Waals surface area contributed by atoms with Crippen LogP contribution >= 0.6 is 0 Å². The van der Waals surface area contributed by atoms with Crippen molar-refractivity contribution in [3.8, 4) is 11.3 Å². The molecule has 29 heavy (non-hydrogen) atoms. The monoisotopic (exact) mass is 395 g/mol. The van der Waals surface area contributed by atoms with Crippen molar-refractivity contribution >= 4 is 17.7 Å². The van der Waals surface area contributed by atoms with Crippen molar-refractivity contribution in [3.63, 3.8) is 0 Å². The molecule has 7 heteroatoms. The van der Waals surface area contributed by atoms with E-state index in [1.807, 2.05) is 13.0 Å². The molecule has 0 radical (unpaired) electrons. The molecule has 3 aromatic rings. The zero-order chi connectivity index (χ0) is 21.0. The van der Waals surface area contributed by atoms with Crippen LogP contribution in [-0.2, 0) is 16.1 Å². The van der Waals surface area contributed by atoms with Gasteiger partial charge in [0.1, 0.15) is 18.2 Å². The van der Waals surface area contributed by atoms with Gasteiger partial charge in [0.15, 0.2) is 0 Å². The highest BCUT2D eigenvalue weighted by Gasteiger charge is 2.21. The Bertz CT molecular complexity index is 1040. The normalized spacial score (nSPS) is 10.6. The summed E-state index contributed by atoms with van der Waals surface area (Å²) >= 11 is 0. The number of aryl methyl sites for hydroxylation is 1. The Morgan fingerprint density at radius 1 is 1.14 bits per heavy atom. The number of amides is 1. The third-order valence-electron chi connectivity index (χ3n) is 4.49. The summed E-state index contributed by atoms with van der Waals surface area (Å²) < 4.78 is 20.2. The number of nitrogens with zero attached hydrogens (tertiary/aromatic N) is 2. The highest BCUT2D eigenvalue weighted by atomic mass is 19.1. The van der Waals surface area contributed by atoms with Crippen LogP contribution in [0.3, 0.4) is 0 Å². The molecule has 1 N–H and O–H groups in total. The van der Waals surface area contributed by atoms with Gasteiger partial charge in [-0.15, -0.1) is 0 Å². The van der Waals surface area contributed by atoms with Gasteiger partial charge in [-0.2, -0.15) is 0 Å². The number of rotatable bonds is 6. The molecule has 0 saturated carbocycles. The van der Waals surface area contributed by atoms with Gasteiger partial charge in [-0.25, -0.2) is 14.2 Å². The summed E-state index contributed by atoms with van der Waals surface area (Å²) in [7, 11) is 0. The first kappa shape index (κ1) is 20.3. The minimum atomic E-state index is -0.465. The van der Waals surface area contributed by atoms with E-state index in [-0.39, 0.29) is 24.9 Å². The summed E-state index contributed by atoms with van der Waals surface area (Å²) in [4.78, 5) is 29.1. The predicted octanol–water partition coefficient (Wildman–Crippen LogP) is 4.12. The second-order valence-electron chi connectivity index (χ2n) is 6.61. The third-order valence-corrected chi connectivity index (χ3v) is 4.49. The fraction of sp³-hybridized carbons (Fsp3) is 0.227. The molecule has 0 bridgehead atoms. The van der Waals surface area contributed by atoms with Gasteiger partial charge in [-0.3, -0.25) is 4.79 Å². The van der Waals surface area contributed by atoms with Crippen molar-refractivity contribution in [2.45, 2.75) is 27.3 Å². The van der Waals surface area contributed by atoms with Crippen LogP contribution in [0.2, 0.25) is 0 Å². The maximum Gasteiger partial charge on any atom is 0.339 e. The lowest BCUT2D eigenvalue weighted by atomic mass is 10.1. The van der Waals surface area contributed by atoms with Gasteiger partial charge in [0.25, 0.3) is 0 Å². The summed E-state index contributed by atoms with van der Waals surface area (Å²) in [5.41, 5.74) is 3.25. The first-order valence-corrected chi connectivity index (χ1v) is 9.24. The van der Waals surface area contributed by atoms with E-state index in [1.54, 1.807) is 48.9 Å². The number of pyridine rings is 1. The minimum Gasteiger partial charge on any atom is -0.462 e. The van der Waals surface area contributed by atoms with Crippen molar-refractivity contribution in [1.29, 1.82) is 0 Å². The Labute approximate surface area is 168 Å². The molecule has 0 aliphatic heterocycles. The van der Waals surface area contributed by atoms with E-state index in [4.69, 9.17) is 4.74 Å². The first-order valence-electron chi connectivity index (χ1n) is 9.24. The summed E-state index contributed by atoms with van der Waals surface area (Å²) in [5.74, 6) is -0.667. The molecule has 0 atom stereocenters. The molecule has 1 aromatic carbocycles. The van der Waals surface area contributed by atoms with E-state index in [9.17, 15) is 14.0 Å². The van der Waals surface area contributed by atoms with E-state index >= 15 is 0 Å². The number of hydrogen-bond acceptors (Lipinski definition) is 4. The number of aromatic nitrogens is 2. The van der Waals surface area contributed by atoms with Gasteiger partial charge in [0, 0.05) is 17.6 Å². The molecule has 6 nitrogen and oxygen atoms in total. The zero-order valence-corrected chi connectivity index (χ0v) is 16.5. The molecule has 2 aromatic heterocycles. The number of carbonyl (C=O) groups is 2. The van der Waals surface area contributed by atoms with Crippen molar-refractivity contribution in [2.24, 2.45) is 0 Å². The van der Waals surface area contributed by atoms with Crippen LogP contribution in [-0.4, -0.2) is 28.0 Å². The number of anilines is 1. The highest BCUT2D eigenvalue weighted by Crippen LogP contribution is 2.27. The maximum absolute atomic E-state index is 13.3. The summed E-state index contributed by atoms with van der Waals surface area (Å²) in [6.45, 7) is 5.60. The SMILES string of the molecule is CCOC(=O)c1cc(-c2ccc(F)cc2)n(CC(=O)Nc2cc(C)ccn2)c1C. The van der Waals surface area contributed by atoms with E-state index < -0.39 is 5.97 Å². The van der Waals surface area contributed by atoms with Gasteiger partial charge < -0.3 is 14.6 Å². The predicted molar refractivity (Wildman–Crippen MR) is 108 cm³/mol. The molecule has 1 amide bonds. The average Bonchev–Trinajstić information content (AvgIpc) is 2.99. The Hall–Kier alpha value is -3.48. The molecule has 150 valence electrons. The van der Waals surface area contributed by atoms with E-state index in [1.165, 1.54) is 12.1 Å². The van der Waals surface area contributed by atoms with Crippen LogP contribution in [0.15, 0.2) is 48.7 Å². The lowest BCUT2D eigenvalue weighted by Crippen LogP contribution is -2.21. The van der Waals surface area contributed by atoms with Crippen LogP contribution in [0, 0.1) is 19.7 Å². The van der Waals surface area contributed by atoms with Crippen LogP contribution < -0.4 is 5.32 Å². The third kappa shape index (κ3) is 4.68. The minimum absolute atomic E-state index is 0.0342. The van der Waals surface area contributed by atoms with Gasteiger partial charge in [0.2, 0.25) is 5.91 Å². The standard InChI is InChI=1S/C22H22FN3O3/c1-4-29-22(28)18-12-19(16-5-7-17(23)8-6-16)26(15(18)3)13-21(27)25-20-11-14(2)9-10-24-20/h5-12H,4,13H2,1-3H3,(H,24,25,27). The van der Waals surface area contributed by atoms with E-state index in [0.717, 1.165) is 5.56 Å². The zero-order valence-electron chi connectivity index (χ0n) is 16.5. The number of esters is 1.